The Morgan fingerprint density at radius 3 is 1.28 bits per heavy atom. The van der Waals surface area contributed by atoms with Crippen LogP contribution in [0.3, 0.4) is 0 Å². The van der Waals surface area contributed by atoms with Crippen molar-refractivity contribution in [2.24, 2.45) is 0 Å². The topological polar surface area (TPSA) is 576 Å². The van der Waals surface area contributed by atoms with E-state index in [0.29, 0.717) is 107 Å². The number of benzene rings is 13. The zero-order chi connectivity index (χ0) is 91.0. The van der Waals surface area contributed by atoms with Crippen LogP contribution in [0.1, 0.15) is 40.7 Å². The summed E-state index contributed by atoms with van der Waals surface area (Å²) in [5.74, 6) is -6.91. The minimum Gasteiger partial charge on any atom is -0.508 e. The first-order valence-corrected chi connectivity index (χ1v) is 37.8. The van der Waals surface area contributed by atoms with Gasteiger partial charge in [-0.1, -0.05) is 30.3 Å². The van der Waals surface area contributed by atoms with Gasteiger partial charge in [0.15, 0.2) is 79.5 Å². The Balaban J connectivity index is 0.000000124. The SMILES string of the molecule is Cc1c2cc(O)c(=O)cc-2oc2cc(O)c(O)cc12.Cc1c2ccc(=O)cc-2oc2cc(O)ccc12.O=C(O)/C=C/c1c2ccc(=O)c(O)c-2oc2c(O)c(O)ccc12.O=C(O)CCc1c2ccc(=O)c(O)c-2oc2c(O)c(O)ccc12.O=C(O)CCc1c2ccc(=O)cc-2oc2cc(O)ccc12.O=c1cc2oc3cc(O)c(O)cc3c(-c3ccccc3)c-2cc1O. The number of carboxylic acid groups (broad SMARTS) is 3. The molecule has 0 saturated carbocycles. The van der Waals surface area contributed by atoms with Crippen LogP contribution in [-0.2, 0) is 27.2 Å². The Morgan fingerprint density at radius 2 is 0.732 bits per heavy atom. The van der Waals surface area contributed by atoms with Crippen molar-refractivity contribution in [3.63, 3.8) is 0 Å². The summed E-state index contributed by atoms with van der Waals surface area (Å²) in [5.41, 5.74) is 7.01. The van der Waals surface area contributed by atoms with Crippen LogP contribution in [-0.4, -0.2) is 105 Å². The maximum Gasteiger partial charge on any atom is 0.328 e. The Kier molecular flexibility index (Phi) is 23.3. The lowest BCUT2D eigenvalue weighted by Crippen LogP contribution is -2.05. The number of phenolic OH excluding ortho intramolecular Hbond substituents is 14. The molecule has 0 bridgehead atoms. The Bertz CT molecular complexity index is 7860. The summed E-state index contributed by atoms with van der Waals surface area (Å²) < 4.78 is 33.3. The molecular weight excluding hydrogens is 1650 g/mol. The average Bonchev–Trinajstić information content (AvgIpc) is 0.757. The fraction of sp³-hybridized carbons (Fsp3) is 0.0632. The largest absolute Gasteiger partial charge is 0.508 e. The second-order valence-electron chi connectivity index (χ2n) is 28.6. The van der Waals surface area contributed by atoms with E-state index in [1.54, 1.807) is 37.3 Å². The second kappa shape index (κ2) is 34.6. The molecule has 19 rings (SSSR count). The van der Waals surface area contributed by atoms with Crippen molar-refractivity contribution in [3.05, 3.63) is 295 Å². The van der Waals surface area contributed by atoms with Gasteiger partial charge in [0.25, 0.3) is 0 Å². The van der Waals surface area contributed by atoms with Crippen molar-refractivity contribution in [2.45, 2.75) is 39.5 Å². The van der Waals surface area contributed by atoms with Crippen LogP contribution in [0.5, 0.6) is 80.5 Å². The van der Waals surface area contributed by atoms with Gasteiger partial charge in [0, 0.05) is 139 Å². The van der Waals surface area contributed by atoms with Crippen molar-refractivity contribution in [1.29, 1.82) is 0 Å². The van der Waals surface area contributed by atoms with Gasteiger partial charge in [-0.25, -0.2) is 4.79 Å². The van der Waals surface area contributed by atoms with E-state index < -0.39 is 74.1 Å². The third kappa shape index (κ3) is 17.3. The summed E-state index contributed by atoms with van der Waals surface area (Å²) in [4.78, 5) is 102. The summed E-state index contributed by atoms with van der Waals surface area (Å²) in [5, 5.41) is 166. The highest BCUT2D eigenvalue weighted by atomic mass is 16.4. The number of hydrogen-bond acceptors (Lipinski definition) is 29. The summed E-state index contributed by atoms with van der Waals surface area (Å²) in [7, 11) is 0. The van der Waals surface area contributed by atoms with Gasteiger partial charge in [-0.15, -0.1) is 0 Å². The Hall–Kier alpha value is -18.0. The molecule has 6 heterocycles. The van der Waals surface area contributed by atoms with Gasteiger partial charge in [-0.2, -0.15) is 0 Å². The van der Waals surface area contributed by atoms with Crippen molar-refractivity contribution in [2.75, 3.05) is 0 Å². The molecule has 0 aromatic heterocycles. The van der Waals surface area contributed by atoms with Crippen molar-refractivity contribution >= 4 is 89.8 Å². The van der Waals surface area contributed by atoms with Crippen molar-refractivity contribution in [1.82, 2.24) is 0 Å². The smallest absolute Gasteiger partial charge is 0.328 e. The van der Waals surface area contributed by atoms with Crippen molar-refractivity contribution < 1.29 is 128 Å². The molecule has 0 radical (unpaired) electrons. The fourth-order valence-corrected chi connectivity index (χ4v) is 14.4. The lowest BCUT2D eigenvalue weighted by atomic mass is 9.93. The second-order valence-corrected chi connectivity index (χ2v) is 28.6. The van der Waals surface area contributed by atoms with E-state index in [0.717, 1.165) is 56.8 Å². The standard InChI is InChI=1S/C19H12O5.C16H12O7.C16H10O7.C16H12O5.C14H10O5.C14H10O3/c20-13-6-11-17(8-15(13)22)24-18-9-16(23)14(21)7-12(18)19(11)10-4-2-1-3-5-10;2*17-10-4-1-8-7(3-6-12(19)20)9-2-5-11(18)14(22)16(9)23-15(8)13(10)21;17-9-1-3-12-11(5-6-16(19)20)13-4-2-10(18)8-15(13)21-14(12)7-9;1-6-7-2-9(15)11(17)4-13(7)19-14-5-12(18)10(16)3-8(6)14;1-8-11-4-2-9(15)6-13(11)17-14-7-10(16)3-5-12(8)14/h1-9,20-22H;1-2,4-5,17,21-22H,3,6H2,(H,19,20);1-6,17,21-22H,(H,19,20);1-4,7-8,17H,5-6H2,(H,19,20);2-5,15-17H,1H3;2-7,15H,1H3/b;;6-3+;;;. The van der Waals surface area contributed by atoms with Crippen LogP contribution in [0, 0.1) is 13.8 Å². The molecule has 0 spiro atoms. The minimum absolute atomic E-state index is 0.0196. The predicted octanol–water partition coefficient (Wildman–Crippen LogP) is 15.7. The molecule has 7 aromatic carbocycles. The molecule has 638 valence electrons. The van der Waals surface area contributed by atoms with Gasteiger partial charge in [0.1, 0.15) is 56.9 Å². The third-order valence-corrected chi connectivity index (χ3v) is 20.5. The lowest BCUT2D eigenvalue weighted by Gasteiger charge is -2.15. The van der Waals surface area contributed by atoms with E-state index in [4.69, 9.17) is 41.8 Å². The molecule has 7 aromatic rings. The highest BCUT2D eigenvalue weighted by Gasteiger charge is 2.28. The zero-order valence-corrected chi connectivity index (χ0v) is 65.8. The maximum atomic E-state index is 11.7. The van der Waals surface area contributed by atoms with Gasteiger partial charge < -0.3 is 113 Å². The van der Waals surface area contributed by atoms with E-state index >= 15 is 0 Å². The molecule has 32 nitrogen and oxygen atoms in total. The lowest BCUT2D eigenvalue weighted by molar-refractivity contribution is -0.138. The van der Waals surface area contributed by atoms with E-state index in [2.05, 4.69) is 0 Å². The molecule has 17 N–H and O–H groups in total. The number of fused-ring (bicyclic) bond motifs is 12. The number of aryl methyl sites for hydroxylation is 4. The number of phenols is 14. The van der Waals surface area contributed by atoms with Gasteiger partial charge in [-0.05, 0) is 187 Å². The normalized spacial score (nSPS) is 11.2. The van der Waals surface area contributed by atoms with Crippen molar-refractivity contribution in [3.8, 4) is 160 Å². The number of carbonyl (C=O) groups is 3. The van der Waals surface area contributed by atoms with Crippen LogP contribution >= 0.6 is 0 Å². The average molecular weight is 1720 g/mol. The summed E-state index contributed by atoms with van der Waals surface area (Å²) in [6.07, 6.45) is 2.34. The first-order chi connectivity index (χ1) is 60.5. The molecule has 0 unspecified atom stereocenters. The molecule has 0 amide bonds. The first-order valence-electron chi connectivity index (χ1n) is 37.8. The van der Waals surface area contributed by atoms with Crippen LogP contribution in [0.25, 0.3) is 151 Å². The number of aromatic hydroxyl groups is 14. The van der Waals surface area contributed by atoms with Crippen LogP contribution < -0.4 is 32.6 Å². The summed E-state index contributed by atoms with van der Waals surface area (Å²) in [6.45, 7) is 3.75. The van der Waals surface area contributed by atoms with E-state index in [1.165, 1.54) is 127 Å². The number of carboxylic acids is 3. The Labute approximate surface area is 708 Å². The molecule has 127 heavy (non-hydrogen) atoms. The highest BCUT2D eigenvalue weighted by molar-refractivity contribution is 6.04. The third-order valence-electron chi connectivity index (χ3n) is 20.5. The first kappa shape index (κ1) is 85.4. The highest BCUT2D eigenvalue weighted by Crippen LogP contribution is 2.48. The number of rotatable bonds is 9. The Morgan fingerprint density at radius 1 is 0.315 bits per heavy atom. The molecule has 0 atom stereocenters. The van der Waals surface area contributed by atoms with Gasteiger partial charge in [-0.3, -0.25) is 38.4 Å². The fourth-order valence-electron chi connectivity index (χ4n) is 14.4. The molecule has 12 aliphatic rings. The molecule has 6 aliphatic carbocycles. The predicted molar refractivity (Wildman–Crippen MR) is 461 cm³/mol. The van der Waals surface area contributed by atoms with Crippen LogP contribution in [0.2, 0.25) is 0 Å². The molecule has 6 aliphatic heterocycles. The molecular formula is C95H66O32. The van der Waals surface area contributed by atoms with Gasteiger partial charge >= 0.3 is 17.9 Å². The van der Waals surface area contributed by atoms with E-state index in [1.807, 2.05) is 43.3 Å². The van der Waals surface area contributed by atoms with E-state index in [9.17, 15) is 115 Å². The molecule has 0 saturated heterocycles. The quantitative estimate of drug-likeness (QED) is 0.0362. The monoisotopic (exact) mass is 1720 g/mol. The van der Waals surface area contributed by atoms with Gasteiger partial charge in [0.05, 0.1) is 0 Å². The minimum atomic E-state index is -1.19. The van der Waals surface area contributed by atoms with Crippen LogP contribution in [0.15, 0.2) is 262 Å². The summed E-state index contributed by atoms with van der Waals surface area (Å²) >= 11 is 0. The molecule has 0 fully saturated rings. The maximum absolute atomic E-state index is 11.7. The molecule has 32 heteroatoms. The number of aliphatic carboxylic acids is 3. The zero-order valence-electron chi connectivity index (χ0n) is 65.8. The number of hydrogen-bond donors (Lipinski definition) is 17. The van der Waals surface area contributed by atoms with Crippen LogP contribution in [0.4, 0.5) is 0 Å². The van der Waals surface area contributed by atoms with Gasteiger partial charge in [0.2, 0.25) is 44.7 Å². The summed E-state index contributed by atoms with van der Waals surface area (Å²) in [6, 6.07) is 49.1. The van der Waals surface area contributed by atoms with E-state index in [-0.39, 0.29) is 110 Å².